The molecule has 3 N–H and O–H groups in total. The van der Waals surface area contributed by atoms with Crippen LogP contribution in [0.4, 0.5) is 5.82 Å². The summed E-state index contributed by atoms with van der Waals surface area (Å²) >= 11 is 0. The van der Waals surface area contributed by atoms with Gasteiger partial charge in [0.15, 0.2) is 11.5 Å². The molecule has 0 bridgehead atoms. The van der Waals surface area contributed by atoms with Crippen LogP contribution in [-0.4, -0.2) is 48.6 Å². The van der Waals surface area contributed by atoms with Gasteiger partial charge in [0.1, 0.15) is 25.4 Å². The maximum absolute atomic E-state index is 8.87. The van der Waals surface area contributed by atoms with Crippen LogP contribution in [0.5, 0.6) is 11.5 Å². The smallest absolute Gasteiger partial charge is 0.163 e. The number of benzene rings is 1. The summed E-state index contributed by atoms with van der Waals surface area (Å²) in [6, 6.07) is 3.44. The summed E-state index contributed by atoms with van der Waals surface area (Å²) in [7, 11) is 1.60. The predicted octanol–water partition coefficient (Wildman–Crippen LogP) is 0.608. The maximum atomic E-state index is 8.87. The van der Waals surface area contributed by atoms with Gasteiger partial charge in [0.05, 0.1) is 18.7 Å². The molecule has 0 unspecified atom stereocenters. The fraction of sp³-hybridized carbons (Fsp3) is 0.385. The van der Waals surface area contributed by atoms with Gasteiger partial charge in [-0.15, -0.1) is 0 Å². The summed E-state index contributed by atoms with van der Waals surface area (Å²) in [6.07, 6.45) is 1.39. The van der Waals surface area contributed by atoms with Gasteiger partial charge < -0.3 is 25.1 Å². The van der Waals surface area contributed by atoms with Gasteiger partial charge in [-0.25, -0.2) is 9.97 Å². The Bertz CT molecular complexity index is 577. The van der Waals surface area contributed by atoms with E-state index >= 15 is 0 Å². The first-order valence-electron chi connectivity index (χ1n) is 6.16. The zero-order valence-electron chi connectivity index (χ0n) is 11.2. The molecule has 0 aliphatic rings. The van der Waals surface area contributed by atoms with Crippen molar-refractivity contribution in [3.05, 3.63) is 18.5 Å². The predicted molar refractivity (Wildman–Crippen MR) is 73.9 cm³/mol. The quantitative estimate of drug-likeness (QED) is 0.716. The molecule has 0 spiro atoms. The molecule has 0 atom stereocenters. The highest BCUT2D eigenvalue weighted by atomic mass is 16.5. The van der Waals surface area contributed by atoms with Gasteiger partial charge in [0, 0.05) is 18.6 Å². The van der Waals surface area contributed by atoms with Crippen molar-refractivity contribution < 1.29 is 19.3 Å². The van der Waals surface area contributed by atoms with E-state index in [1.54, 1.807) is 19.2 Å². The minimum Gasteiger partial charge on any atom is -0.487 e. The normalized spacial score (nSPS) is 10.7. The number of hydrogen-bond donors (Lipinski definition) is 2. The van der Waals surface area contributed by atoms with Crippen molar-refractivity contribution in [2.45, 2.75) is 0 Å². The van der Waals surface area contributed by atoms with E-state index in [-0.39, 0.29) is 13.2 Å². The number of rotatable bonds is 7. The second-order valence-corrected chi connectivity index (χ2v) is 3.99. The molecule has 0 aliphatic carbocycles. The number of fused-ring (bicyclic) bond motifs is 1. The van der Waals surface area contributed by atoms with Crippen LogP contribution in [0.1, 0.15) is 0 Å². The van der Waals surface area contributed by atoms with Crippen LogP contribution < -0.4 is 15.2 Å². The number of aliphatic hydroxyl groups is 1. The number of anilines is 1. The summed E-state index contributed by atoms with van der Waals surface area (Å²) in [5, 5.41) is 9.55. The first-order chi connectivity index (χ1) is 9.76. The lowest BCUT2D eigenvalue weighted by atomic mass is 10.2. The molecule has 0 amide bonds. The number of hydrogen-bond acceptors (Lipinski definition) is 7. The monoisotopic (exact) mass is 279 g/mol. The maximum Gasteiger partial charge on any atom is 0.163 e. The lowest BCUT2D eigenvalue weighted by molar-refractivity contribution is 0.141. The van der Waals surface area contributed by atoms with E-state index in [0.717, 1.165) is 0 Å². The lowest BCUT2D eigenvalue weighted by Gasteiger charge is -2.13. The molecule has 2 rings (SSSR count). The molecular weight excluding hydrogens is 262 g/mol. The molecular formula is C13H17N3O4. The van der Waals surface area contributed by atoms with Gasteiger partial charge in [0.2, 0.25) is 0 Å². The topological polar surface area (TPSA) is 99.7 Å². The van der Waals surface area contributed by atoms with Crippen LogP contribution in [0.25, 0.3) is 10.9 Å². The molecule has 108 valence electrons. The van der Waals surface area contributed by atoms with E-state index in [1.165, 1.54) is 6.33 Å². The van der Waals surface area contributed by atoms with E-state index < -0.39 is 0 Å². The van der Waals surface area contributed by atoms with Gasteiger partial charge in [-0.2, -0.15) is 0 Å². The van der Waals surface area contributed by atoms with Crippen molar-refractivity contribution in [1.82, 2.24) is 9.97 Å². The molecule has 0 saturated heterocycles. The third kappa shape index (κ3) is 3.25. The molecule has 1 aromatic carbocycles. The molecule has 20 heavy (non-hydrogen) atoms. The van der Waals surface area contributed by atoms with Crippen LogP contribution in [0.2, 0.25) is 0 Å². The standard InChI is InChI=1S/C13H17N3O4/c1-18-4-5-20-12-7-10-9(13(14)16-8-15-10)6-11(12)19-3-2-17/h6-8,17H,2-5H2,1H3,(H2,14,15,16). The number of nitrogen functional groups attached to an aromatic ring is 1. The van der Waals surface area contributed by atoms with Crippen LogP contribution in [0.3, 0.4) is 0 Å². The van der Waals surface area contributed by atoms with Gasteiger partial charge in [-0.1, -0.05) is 0 Å². The van der Waals surface area contributed by atoms with Crippen LogP contribution in [0, 0.1) is 0 Å². The SMILES string of the molecule is COCCOc1cc2ncnc(N)c2cc1OCCO. The Morgan fingerprint density at radius 2 is 1.85 bits per heavy atom. The average Bonchev–Trinajstić information content (AvgIpc) is 2.46. The molecule has 7 nitrogen and oxygen atoms in total. The van der Waals surface area contributed by atoms with Crippen LogP contribution >= 0.6 is 0 Å². The summed E-state index contributed by atoms with van der Waals surface area (Å²) < 4.78 is 16.0. The Morgan fingerprint density at radius 1 is 1.10 bits per heavy atom. The Hall–Kier alpha value is -2.12. The molecule has 0 fully saturated rings. The van der Waals surface area contributed by atoms with Crippen molar-refractivity contribution in [3.8, 4) is 11.5 Å². The first-order valence-corrected chi connectivity index (χ1v) is 6.16. The van der Waals surface area contributed by atoms with Crippen molar-refractivity contribution in [2.75, 3.05) is 39.3 Å². The third-order valence-corrected chi connectivity index (χ3v) is 2.63. The summed E-state index contributed by atoms with van der Waals surface area (Å²) in [4.78, 5) is 8.08. The highest BCUT2D eigenvalue weighted by Gasteiger charge is 2.11. The molecule has 1 aromatic heterocycles. The van der Waals surface area contributed by atoms with Crippen molar-refractivity contribution >= 4 is 16.7 Å². The Labute approximate surface area is 116 Å². The minimum atomic E-state index is -0.0870. The fourth-order valence-electron chi connectivity index (χ4n) is 1.70. The largest absolute Gasteiger partial charge is 0.487 e. The number of aromatic nitrogens is 2. The molecule has 1 heterocycles. The Kier molecular flexibility index (Phi) is 4.91. The summed E-state index contributed by atoms with van der Waals surface area (Å²) in [6.45, 7) is 0.928. The van der Waals surface area contributed by atoms with Gasteiger partial charge >= 0.3 is 0 Å². The first kappa shape index (κ1) is 14.3. The molecule has 0 saturated carbocycles. The van der Waals surface area contributed by atoms with E-state index in [1.807, 2.05) is 0 Å². The lowest BCUT2D eigenvalue weighted by Crippen LogP contribution is -2.08. The van der Waals surface area contributed by atoms with Crippen molar-refractivity contribution in [2.24, 2.45) is 0 Å². The molecule has 0 radical (unpaired) electrons. The highest BCUT2D eigenvalue weighted by Crippen LogP contribution is 2.33. The highest BCUT2D eigenvalue weighted by molar-refractivity contribution is 5.90. The second-order valence-electron chi connectivity index (χ2n) is 3.99. The number of methoxy groups -OCH3 is 1. The van der Waals surface area contributed by atoms with Gasteiger partial charge in [0.25, 0.3) is 0 Å². The molecule has 7 heteroatoms. The van der Waals surface area contributed by atoms with Crippen molar-refractivity contribution in [1.29, 1.82) is 0 Å². The van der Waals surface area contributed by atoms with E-state index in [2.05, 4.69) is 9.97 Å². The fourth-order valence-corrected chi connectivity index (χ4v) is 1.70. The number of aliphatic hydroxyl groups excluding tert-OH is 1. The summed E-state index contributed by atoms with van der Waals surface area (Å²) in [5.41, 5.74) is 6.48. The average molecular weight is 279 g/mol. The van der Waals surface area contributed by atoms with E-state index in [0.29, 0.717) is 41.4 Å². The minimum absolute atomic E-state index is 0.0870. The van der Waals surface area contributed by atoms with Crippen molar-refractivity contribution in [3.63, 3.8) is 0 Å². The van der Waals surface area contributed by atoms with Gasteiger partial charge in [-0.05, 0) is 6.07 Å². The Morgan fingerprint density at radius 3 is 2.60 bits per heavy atom. The number of ether oxygens (including phenoxy) is 3. The van der Waals surface area contributed by atoms with E-state index in [4.69, 9.17) is 25.1 Å². The van der Waals surface area contributed by atoms with E-state index in [9.17, 15) is 0 Å². The molecule has 2 aromatic rings. The van der Waals surface area contributed by atoms with Crippen LogP contribution in [-0.2, 0) is 4.74 Å². The number of nitrogens with zero attached hydrogens (tertiary/aromatic N) is 2. The zero-order valence-corrected chi connectivity index (χ0v) is 11.2. The second kappa shape index (κ2) is 6.88. The van der Waals surface area contributed by atoms with Crippen LogP contribution in [0.15, 0.2) is 18.5 Å². The molecule has 0 aliphatic heterocycles. The van der Waals surface area contributed by atoms with Gasteiger partial charge in [-0.3, -0.25) is 0 Å². The number of nitrogens with two attached hydrogens (primary N) is 1. The Balaban J connectivity index is 2.35. The third-order valence-electron chi connectivity index (χ3n) is 2.63. The zero-order chi connectivity index (χ0) is 14.4. The summed E-state index contributed by atoms with van der Waals surface area (Å²) in [5.74, 6) is 1.39.